The molecule has 0 spiro atoms. The summed E-state index contributed by atoms with van der Waals surface area (Å²) in [4.78, 5) is 27.0. The lowest BCUT2D eigenvalue weighted by atomic mass is 10.1. The Labute approximate surface area is 162 Å². The molecule has 0 fully saturated rings. The molecule has 8 nitrogen and oxygen atoms in total. The van der Waals surface area contributed by atoms with Crippen LogP contribution < -0.4 is 16.1 Å². The molecule has 0 aliphatic heterocycles. The number of aromatic nitrogens is 2. The Kier molecular flexibility index (Phi) is 4.97. The third kappa shape index (κ3) is 3.75. The number of sulfonamides is 1. The smallest absolute Gasteiger partial charge is 0.322 e. The predicted molar refractivity (Wildman–Crippen MR) is 106 cm³/mol. The molecule has 1 amide bonds. The molecule has 0 saturated carbocycles. The lowest BCUT2D eigenvalue weighted by molar-refractivity contribution is 0.102. The van der Waals surface area contributed by atoms with Crippen LogP contribution in [0.15, 0.2) is 52.3 Å². The molecule has 1 aromatic heterocycles. The van der Waals surface area contributed by atoms with E-state index in [9.17, 15) is 18.0 Å². The first kappa shape index (κ1) is 19.6. The third-order valence-corrected chi connectivity index (χ3v) is 5.46. The molecule has 0 radical (unpaired) electrons. The van der Waals surface area contributed by atoms with Gasteiger partial charge in [0.15, 0.2) is 0 Å². The van der Waals surface area contributed by atoms with Gasteiger partial charge in [-0.3, -0.25) is 9.36 Å². The number of aryl methyl sites for hydroxylation is 2. The Hall–Kier alpha value is -3.17. The highest BCUT2D eigenvalue weighted by Gasteiger charge is 2.15. The molecule has 9 heteroatoms. The summed E-state index contributed by atoms with van der Waals surface area (Å²) in [7, 11) is -3.89. The molecule has 0 saturated heterocycles. The molecule has 1 heterocycles. The van der Waals surface area contributed by atoms with Crippen molar-refractivity contribution in [3.05, 3.63) is 75.5 Å². The SMILES string of the molecule is Cc1cc(S(N)(=O)=O)cc(NC(=O)c2ccc(-n3c(C)c[nH]c3=O)cc2)c1C. The molecule has 0 aliphatic carbocycles. The number of benzene rings is 2. The van der Waals surface area contributed by atoms with Gasteiger partial charge in [-0.05, 0) is 68.3 Å². The number of primary sulfonamides is 1. The van der Waals surface area contributed by atoms with Crippen molar-refractivity contribution in [1.29, 1.82) is 0 Å². The average molecular weight is 400 g/mol. The van der Waals surface area contributed by atoms with E-state index in [0.717, 1.165) is 11.3 Å². The maximum absolute atomic E-state index is 12.6. The van der Waals surface area contributed by atoms with Gasteiger partial charge in [0.05, 0.1) is 10.6 Å². The maximum Gasteiger partial charge on any atom is 0.330 e. The minimum atomic E-state index is -3.89. The number of carbonyl (C=O) groups is 1. The first-order chi connectivity index (χ1) is 13.1. The quantitative estimate of drug-likeness (QED) is 0.619. The second-order valence-corrected chi connectivity index (χ2v) is 8.09. The van der Waals surface area contributed by atoms with Crippen LogP contribution in [0, 0.1) is 20.8 Å². The lowest BCUT2D eigenvalue weighted by Crippen LogP contribution is -2.17. The number of hydrogen-bond donors (Lipinski definition) is 3. The van der Waals surface area contributed by atoms with E-state index in [-0.39, 0.29) is 10.6 Å². The van der Waals surface area contributed by atoms with Gasteiger partial charge in [-0.1, -0.05) is 0 Å². The van der Waals surface area contributed by atoms with Crippen molar-refractivity contribution in [1.82, 2.24) is 9.55 Å². The normalized spacial score (nSPS) is 11.4. The average Bonchev–Trinajstić information content (AvgIpc) is 2.96. The van der Waals surface area contributed by atoms with Gasteiger partial charge in [-0.2, -0.15) is 0 Å². The topological polar surface area (TPSA) is 127 Å². The Morgan fingerprint density at radius 3 is 2.29 bits per heavy atom. The molecule has 0 bridgehead atoms. The lowest BCUT2D eigenvalue weighted by Gasteiger charge is -2.13. The zero-order valence-electron chi connectivity index (χ0n) is 15.6. The molecule has 0 atom stereocenters. The van der Waals surface area contributed by atoms with Crippen LogP contribution in [0.25, 0.3) is 5.69 Å². The number of amides is 1. The number of nitrogens with one attached hydrogen (secondary N) is 2. The number of nitrogens with two attached hydrogens (primary N) is 1. The summed E-state index contributed by atoms with van der Waals surface area (Å²) < 4.78 is 24.8. The van der Waals surface area contributed by atoms with Crippen LogP contribution in [0.3, 0.4) is 0 Å². The van der Waals surface area contributed by atoms with Gasteiger partial charge >= 0.3 is 5.69 Å². The summed E-state index contributed by atoms with van der Waals surface area (Å²) in [6.07, 6.45) is 1.60. The van der Waals surface area contributed by atoms with Crippen molar-refractivity contribution in [3.63, 3.8) is 0 Å². The number of hydrogen-bond acceptors (Lipinski definition) is 4. The molecule has 0 unspecified atom stereocenters. The van der Waals surface area contributed by atoms with E-state index in [1.807, 2.05) is 0 Å². The largest absolute Gasteiger partial charge is 0.330 e. The van der Waals surface area contributed by atoms with Gasteiger partial charge in [0, 0.05) is 23.1 Å². The number of aromatic amines is 1. The highest BCUT2D eigenvalue weighted by atomic mass is 32.2. The summed E-state index contributed by atoms with van der Waals surface area (Å²) >= 11 is 0. The highest BCUT2D eigenvalue weighted by Crippen LogP contribution is 2.24. The molecule has 3 rings (SSSR count). The number of rotatable bonds is 4. The fraction of sp³-hybridized carbons (Fsp3) is 0.158. The minimum absolute atomic E-state index is 0.0662. The monoisotopic (exact) mass is 400 g/mol. The summed E-state index contributed by atoms with van der Waals surface area (Å²) in [5.74, 6) is -0.404. The number of anilines is 1. The second-order valence-electron chi connectivity index (χ2n) is 6.53. The Balaban J connectivity index is 1.90. The minimum Gasteiger partial charge on any atom is -0.322 e. The van der Waals surface area contributed by atoms with Crippen molar-refractivity contribution in [2.45, 2.75) is 25.7 Å². The number of carbonyl (C=O) groups excluding carboxylic acids is 1. The third-order valence-electron chi connectivity index (χ3n) is 4.57. The standard InChI is InChI=1S/C19H20N4O4S/c1-11-8-16(28(20,26)27)9-17(13(11)3)22-18(24)14-4-6-15(7-5-14)23-12(2)10-21-19(23)25/h4-10H,1-3H3,(H,21,25)(H,22,24)(H2,20,26,27). The van der Waals surface area contributed by atoms with E-state index in [4.69, 9.17) is 5.14 Å². The fourth-order valence-electron chi connectivity index (χ4n) is 2.85. The van der Waals surface area contributed by atoms with Crippen molar-refractivity contribution >= 4 is 21.6 Å². The summed E-state index contributed by atoms with van der Waals surface area (Å²) in [5, 5.41) is 7.93. The van der Waals surface area contributed by atoms with E-state index in [0.29, 0.717) is 22.5 Å². The van der Waals surface area contributed by atoms with Crippen LogP contribution in [-0.4, -0.2) is 23.9 Å². The molecule has 3 aromatic rings. The Bertz CT molecular complexity index is 1220. The van der Waals surface area contributed by atoms with Crippen LogP contribution in [0.4, 0.5) is 5.69 Å². The maximum atomic E-state index is 12.6. The van der Waals surface area contributed by atoms with Crippen LogP contribution >= 0.6 is 0 Å². The van der Waals surface area contributed by atoms with Crippen molar-refractivity contribution < 1.29 is 13.2 Å². The van der Waals surface area contributed by atoms with Crippen LogP contribution in [0.2, 0.25) is 0 Å². The molecule has 146 valence electrons. The van der Waals surface area contributed by atoms with Crippen molar-refractivity contribution in [2.24, 2.45) is 5.14 Å². The van der Waals surface area contributed by atoms with Crippen molar-refractivity contribution in [3.8, 4) is 5.69 Å². The number of H-pyrrole nitrogens is 1. The van der Waals surface area contributed by atoms with Crippen LogP contribution in [0.5, 0.6) is 0 Å². The Morgan fingerprint density at radius 1 is 1.11 bits per heavy atom. The van der Waals surface area contributed by atoms with Gasteiger partial charge in [0.2, 0.25) is 10.0 Å². The highest BCUT2D eigenvalue weighted by molar-refractivity contribution is 7.89. The first-order valence-electron chi connectivity index (χ1n) is 8.41. The first-order valence-corrected chi connectivity index (χ1v) is 9.95. The summed E-state index contributed by atoms with van der Waals surface area (Å²) in [5.41, 5.74) is 3.28. The van der Waals surface area contributed by atoms with Gasteiger partial charge in [-0.15, -0.1) is 0 Å². The molecular weight excluding hydrogens is 380 g/mol. The Morgan fingerprint density at radius 2 is 1.75 bits per heavy atom. The number of imidazole rings is 1. The van der Waals surface area contributed by atoms with E-state index in [1.54, 1.807) is 51.2 Å². The van der Waals surface area contributed by atoms with E-state index in [1.165, 1.54) is 16.7 Å². The zero-order chi connectivity index (χ0) is 20.6. The second kappa shape index (κ2) is 7.10. The fourth-order valence-corrected chi connectivity index (χ4v) is 3.48. The molecular formula is C19H20N4O4S. The van der Waals surface area contributed by atoms with E-state index in [2.05, 4.69) is 10.3 Å². The van der Waals surface area contributed by atoms with Crippen LogP contribution in [-0.2, 0) is 10.0 Å². The zero-order valence-corrected chi connectivity index (χ0v) is 16.4. The summed E-state index contributed by atoms with van der Waals surface area (Å²) in [6, 6.07) is 9.31. The van der Waals surface area contributed by atoms with Gasteiger partial charge in [0.1, 0.15) is 0 Å². The van der Waals surface area contributed by atoms with Gasteiger partial charge in [-0.25, -0.2) is 18.4 Å². The molecule has 2 aromatic carbocycles. The van der Waals surface area contributed by atoms with E-state index < -0.39 is 15.9 Å². The van der Waals surface area contributed by atoms with Gasteiger partial charge in [0.25, 0.3) is 5.91 Å². The van der Waals surface area contributed by atoms with Crippen molar-refractivity contribution in [2.75, 3.05) is 5.32 Å². The molecule has 28 heavy (non-hydrogen) atoms. The van der Waals surface area contributed by atoms with Crippen LogP contribution in [0.1, 0.15) is 27.2 Å². The number of nitrogens with zero attached hydrogens (tertiary/aromatic N) is 1. The van der Waals surface area contributed by atoms with Gasteiger partial charge < -0.3 is 10.3 Å². The predicted octanol–water partition coefficient (Wildman–Crippen LogP) is 1.99. The van der Waals surface area contributed by atoms with E-state index >= 15 is 0 Å². The molecule has 0 aliphatic rings. The summed E-state index contributed by atoms with van der Waals surface area (Å²) in [6.45, 7) is 5.32. The molecule has 4 N–H and O–H groups in total.